The lowest BCUT2D eigenvalue weighted by Crippen LogP contribution is -2.18. The van der Waals surface area contributed by atoms with Crippen LogP contribution < -0.4 is 4.74 Å². The molecule has 0 amide bonds. The molecule has 0 spiro atoms. The van der Waals surface area contributed by atoms with Crippen molar-refractivity contribution in [3.05, 3.63) is 65.2 Å². The molecule has 0 aliphatic heterocycles. The minimum Gasteiger partial charge on any atom is -0.462 e. The second-order valence-corrected chi connectivity index (χ2v) is 9.41. The standard InChI is InChI=1S/C30H42O4.C2H6O2/c1-3-5-7-9-11-14-19-25-20-18-23-27(29(31)34-26-21-15-13-16-22-26)28(25)30(32)33-24-17-12-10-8-6-4-2;3-1-2-4/h13,15-16,18,20-23H,3-12,14,17,19,24H2,1-2H3;3-4H,1-2H2. The molecular weight excluding hydrogens is 480 g/mol. The number of para-hydroxylation sites is 1. The van der Waals surface area contributed by atoms with Crippen LogP contribution in [0.25, 0.3) is 0 Å². The van der Waals surface area contributed by atoms with Gasteiger partial charge in [0, 0.05) is 0 Å². The zero-order valence-corrected chi connectivity index (χ0v) is 23.5. The van der Waals surface area contributed by atoms with Gasteiger partial charge in [0.05, 0.1) is 30.9 Å². The topological polar surface area (TPSA) is 93.1 Å². The maximum absolute atomic E-state index is 13.1. The zero-order valence-electron chi connectivity index (χ0n) is 23.5. The molecule has 0 aliphatic carbocycles. The third-order valence-electron chi connectivity index (χ3n) is 6.16. The number of carbonyl (C=O) groups excluding carboxylic acids is 2. The lowest BCUT2D eigenvalue weighted by molar-refractivity contribution is 0.0488. The maximum Gasteiger partial charge on any atom is 0.344 e. The molecule has 38 heavy (non-hydrogen) atoms. The van der Waals surface area contributed by atoms with Gasteiger partial charge in [-0.2, -0.15) is 0 Å². The van der Waals surface area contributed by atoms with E-state index in [-0.39, 0.29) is 18.8 Å². The van der Waals surface area contributed by atoms with Crippen molar-refractivity contribution in [1.82, 2.24) is 0 Å². The number of ether oxygens (including phenoxy) is 2. The molecule has 0 heterocycles. The normalized spacial score (nSPS) is 10.4. The average molecular weight is 529 g/mol. The van der Waals surface area contributed by atoms with Crippen LogP contribution >= 0.6 is 0 Å². The number of aliphatic hydroxyl groups excluding tert-OH is 2. The van der Waals surface area contributed by atoms with Gasteiger partial charge in [0.25, 0.3) is 0 Å². The van der Waals surface area contributed by atoms with Crippen molar-refractivity contribution in [2.45, 2.75) is 97.3 Å². The molecule has 0 bridgehead atoms. The summed E-state index contributed by atoms with van der Waals surface area (Å²) in [4.78, 5) is 26.1. The first kappa shape index (κ1) is 33.3. The highest BCUT2D eigenvalue weighted by Crippen LogP contribution is 2.22. The van der Waals surface area contributed by atoms with Crippen molar-refractivity contribution >= 4 is 11.9 Å². The first-order valence-corrected chi connectivity index (χ1v) is 14.4. The van der Waals surface area contributed by atoms with Crippen LogP contribution in [-0.4, -0.2) is 42.0 Å². The van der Waals surface area contributed by atoms with E-state index in [1.165, 1.54) is 44.9 Å². The van der Waals surface area contributed by atoms with Crippen molar-refractivity contribution in [2.75, 3.05) is 19.8 Å². The summed E-state index contributed by atoms with van der Waals surface area (Å²) in [6.07, 6.45) is 14.5. The van der Waals surface area contributed by atoms with E-state index < -0.39 is 11.9 Å². The highest BCUT2D eigenvalue weighted by atomic mass is 16.5. The van der Waals surface area contributed by atoms with Crippen LogP contribution in [0.5, 0.6) is 5.75 Å². The van der Waals surface area contributed by atoms with Crippen molar-refractivity contribution in [1.29, 1.82) is 0 Å². The monoisotopic (exact) mass is 528 g/mol. The van der Waals surface area contributed by atoms with Gasteiger partial charge in [-0.3, -0.25) is 0 Å². The van der Waals surface area contributed by atoms with Crippen molar-refractivity contribution in [3.63, 3.8) is 0 Å². The molecule has 0 atom stereocenters. The number of unbranched alkanes of at least 4 members (excludes halogenated alkanes) is 10. The molecule has 0 aromatic heterocycles. The molecule has 2 rings (SSSR count). The second kappa shape index (κ2) is 22.3. The molecule has 0 radical (unpaired) electrons. The molecule has 212 valence electrons. The fraction of sp³-hybridized carbons (Fsp3) is 0.562. The van der Waals surface area contributed by atoms with Gasteiger partial charge in [0.2, 0.25) is 0 Å². The number of hydrogen-bond donors (Lipinski definition) is 2. The predicted molar refractivity (Wildman–Crippen MR) is 153 cm³/mol. The number of hydrogen-bond acceptors (Lipinski definition) is 6. The van der Waals surface area contributed by atoms with Crippen LogP contribution in [0.1, 0.15) is 117 Å². The second-order valence-electron chi connectivity index (χ2n) is 9.41. The fourth-order valence-electron chi connectivity index (χ4n) is 4.09. The summed E-state index contributed by atoms with van der Waals surface area (Å²) >= 11 is 0. The van der Waals surface area contributed by atoms with Crippen LogP contribution in [0.3, 0.4) is 0 Å². The molecule has 0 saturated carbocycles. The Morgan fingerprint density at radius 1 is 0.658 bits per heavy atom. The Hall–Kier alpha value is -2.70. The molecule has 2 N–H and O–H groups in total. The number of carbonyl (C=O) groups is 2. The summed E-state index contributed by atoms with van der Waals surface area (Å²) in [6.45, 7) is 4.54. The SMILES string of the molecule is CCCCCCCCOC(=O)c1c(CCCCCCCC)cccc1C(=O)Oc1ccccc1.OCCO. The van der Waals surface area contributed by atoms with Crippen LogP contribution in [0.15, 0.2) is 48.5 Å². The van der Waals surface area contributed by atoms with Gasteiger partial charge in [-0.05, 0) is 43.0 Å². The van der Waals surface area contributed by atoms with Gasteiger partial charge >= 0.3 is 11.9 Å². The van der Waals surface area contributed by atoms with E-state index in [1.807, 2.05) is 30.3 Å². The van der Waals surface area contributed by atoms with E-state index in [4.69, 9.17) is 19.7 Å². The number of rotatable bonds is 18. The first-order chi connectivity index (χ1) is 18.6. The molecule has 6 nitrogen and oxygen atoms in total. The van der Waals surface area contributed by atoms with E-state index in [9.17, 15) is 9.59 Å². The molecule has 2 aromatic carbocycles. The van der Waals surface area contributed by atoms with E-state index >= 15 is 0 Å². The van der Waals surface area contributed by atoms with E-state index in [1.54, 1.807) is 18.2 Å². The highest BCUT2D eigenvalue weighted by Gasteiger charge is 2.23. The summed E-state index contributed by atoms with van der Waals surface area (Å²) in [5.41, 5.74) is 1.51. The third-order valence-corrected chi connectivity index (χ3v) is 6.16. The number of aryl methyl sites for hydroxylation is 1. The van der Waals surface area contributed by atoms with Crippen molar-refractivity contribution < 1.29 is 29.3 Å². The molecule has 0 unspecified atom stereocenters. The lowest BCUT2D eigenvalue weighted by atomic mass is 9.96. The summed E-state index contributed by atoms with van der Waals surface area (Å²) < 4.78 is 11.2. The number of aliphatic hydroxyl groups is 2. The largest absolute Gasteiger partial charge is 0.462 e. The molecule has 0 fully saturated rings. The number of benzene rings is 2. The van der Waals surface area contributed by atoms with E-state index in [0.29, 0.717) is 17.9 Å². The molecule has 6 heteroatoms. The van der Waals surface area contributed by atoms with E-state index in [2.05, 4.69) is 13.8 Å². The molecule has 2 aromatic rings. The Labute approximate surface area is 229 Å². The minimum atomic E-state index is -0.525. The third kappa shape index (κ3) is 14.3. The van der Waals surface area contributed by atoms with Gasteiger partial charge in [0.1, 0.15) is 5.75 Å². The Morgan fingerprint density at radius 3 is 1.84 bits per heavy atom. The Bertz CT molecular complexity index is 879. The lowest BCUT2D eigenvalue weighted by Gasteiger charge is -2.14. The van der Waals surface area contributed by atoms with Crippen molar-refractivity contribution in [2.24, 2.45) is 0 Å². The molecule has 0 aliphatic rings. The summed E-state index contributed by atoms with van der Waals surface area (Å²) in [5.74, 6) is -0.488. The van der Waals surface area contributed by atoms with Gasteiger partial charge in [-0.25, -0.2) is 9.59 Å². The summed E-state index contributed by atoms with van der Waals surface area (Å²) in [5, 5.41) is 15.2. The zero-order chi connectivity index (χ0) is 27.8. The van der Waals surface area contributed by atoms with Crippen LogP contribution in [-0.2, 0) is 11.2 Å². The maximum atomic E-state index is 13.1. The molecular formula is C32H48O6. The van der Waals surface area contributed by atoms with Gasteiger partial charge in [-0.1, -0.05) is 108 Å². The van der Waals surface area contributed by atoms with Gasteiger partial charge < -0.3 is 19.7 Å². The van der Waals surface area contributed by atoms with E-state index in [0.717, 1.165) is 44.1 Å². The van der Waals surface area contributed by atoms with Crippen LogP contribution in [0.2, 0.25) is 0 Å². The molecule has 0 saturated heterocycles. The average Bonchev–Trinajstić information content (AvgIpc) is 2.94. The quantitative estimate of drug-likeness (QED) is 0.120. The minimum absolute atomic E-state index is 0.125. The van der Waals surface area contributed by atoms with Gasteiger partial charge in [0.15, 0.2) is 0 Å². The Kier molecular flexibility index (Phi) is 19.6. The van der Waals surface area contributed by atoms with Crippen LogP contribution in [0.4, 0.5) is 0 Å². The van der Waals surface area contributed by atoms with Crippen LogP contribution in [0, 0.1) is 0 Å². The first-order valence-electron chi connectivity index (χ1n) is 14.4. The summed E-state index contributed by atoms with van der Waals surface area (Å²) in [6, 6.07) is 14.4. The van der Waals surface area contributed by atoms with Gasteiger partial charge in [-0.15, -0.1) is 0 Å². The summed E-state index contributed by atoms with van der Waals surface area (Å²) in [7, 11) is 0. The Morgan fingerprint density at radius 2 is 1.24 bits per heavy atom. The smallest absolute Gasteiger partial charge is 0.344 e. The predicted octanol–water partition coefficient (Wildman–Crippen LogP) is 7.30. The fourth-order valence-corrected chi connectivity index (χ4v) is 4.09. The number of esters is 2. The highest BCUT2D eigenvalue weighted by molar-refractivity contribution is 6.04. The van der Waals surface area contributed by atoms with Crippen molar-refractivity contribution in [3.8, 4) is 5.75 Å². The Balaban J connectivity index is 0.00000168.